The fourth-order valence-electron chi connectivity index (χ4n) is 2.17. The molecule has 0 aliphatic rings. The minimum absolute atomic E-state index is 0.153. The van der Waals surface area contributed by atoms with Gasteiger partial charge in [0.25, 0.3) is 0 Å². The van der Waals surface area contributed by atoms with Crippen molar-refractivity contribution in [1.82, 2.24) is 4.98 Å². The van der Waals surface area contributed by atoms with Gasteiger partial charge in [0, 0.05) is 30.3 Å². The first kappa shape index (κ1) is 16.3. The fourth-order valence-corrected chi connectivity index (χ4v) is 3.03. The van der Waals surface area contributed by atoms with Crippen molar-refractivity contribution in [3.8, 4) is 0 Å². The van der Waals surface area contributed by atoms with Crippen LogP contribution in [0.5, 0.6) is 0 Å². The fraction of sp³-hybridized carbons (Fsp3) is 0.176. The Morgan fingerprint density at radius 3 is 2.88 bits per heavy atom. The molecule has 3 rings (SSSR count). The molecule has 7 heteroatoms. The molecule has 24 heavy (non-hydrogen) atoms. The zero-order valence-corrected chi connectivity index (χ0v) is 13.4. The van der Waals surface area contributed by atoms with Crippen molar-refractivity contribution in [2.24, 2.45) is 0 Å². The van der Waals surface area contributed by atoms with E-state index in [-0.39, 0.29) is 5.91 Å². The maximum atomic E-state index is 13.2. The largest absolute Gasteiger partial charge is 0.469 e. The van der Waals surface area contributed by atoms with Crippen molar-refractivity contribution in [2.75, 3.05) is 5.32 Å². The van der Waals surface area contributed by atoms with Crippen LogP contribution in [0.4, 0.5) is 13.9 Å². The van der Waals surface area contributed by atoms with Gasteiger partial charge >= 0.3 is 0 Å². The number of anilines is 1. The molecule has 0 bridgehead atoms. The Labute approximate surface area is 141 Å². The summed E-state index contributed by atoms with van der Waals surface area (Å²) in [6.45, 7) is 0. The van der Waals surface area contributed by atoms with Crippen LogP contribution in [0.1, 0.15) is 22.6 Å². The molecule has 0 aliphatic carbocycles. The van der Waals surface area contributed by atoms with Gasteiger partial charge in [-0.1, -0.05) is 6.07 Å². The second-order valence-electron chi connectivity index (χ2n) is 5.18. The quantitative estimate of drug-likeness (QED) is 0.727. The van der Waals surface area contributed by atoms with Gasteiger partial charge in [-0.25, -0.2) is 13.8 Å². The second kappa shape index (κ2) is 7.35. The van der Waals surface area contributed by atoms with Gasteiger partial charge < -0.3 is 9.73 Å². The number of benzene rings is 1. The van der Waals surface area contributed by atoms with Crippen LogP contribution < -0.4 is 5.32 Å². The Hall–Kier alpha value is -2.54. The van der Waals surface area contributed by atoms with E-state index in [0.29, 0.717) is 30.0 Å². The number of halogens is 2. The van der Waals surface area contributed by atoms with Crippen molar-refractivity contribution >= 4 is 22.4 Å². The Bertz CT molecular complexity index is 831. The smallest absolute Gasteiger partial charge is 0.226 e. The summed E-state index contributed by atoms with van der Waals surface area (Å²) in [4.78, 5) is 16.9. The Balaban J connectivity index is 1.54. The lowest BCUT2D eigenvalue weighted by Crippen LogP contribution is -2.11. The first-order chi connectivity index (χ1) is 11.6. The van der Waals surface area contributed by atoms with Crippen LogP contribution >= 0.6 is 11.3 Å². The molecule has 0 saturated heterocycles. The highest BCUT2D eigenvalue weighted by Crippen LogP contribution is 2.22. The summed E-state index contributed by atoms with van der Waals surface area (Å²) in [7, 11) is 0. The van der Waals surface area contributed by atoms with E-state index in [1.54, 1.807) is 18.5 Å². The molecule has 4 nitrogen and oxygen atoms in total. The van der Waals surface area contributed by atoms with E-state index in [9.17, 15) is 13.6 Å². The molecule has 1 N–H and O–H groups in total. The van der Waals surface area contributed by atoms with Crippen LogP contribution in [0.3, 0.4) is 0 Å². The molecule has 1 amide bonds. The van der Waals surface area contributed by atoms with Crippen molar-refractivity contribution in [2.45, 2.75) is 19.3 Å². The van der Waals surface area contributed by atoms with Gasteiger partial charge in [-0.3, -0.25) is 4.79 Å². The molecule has 1 aromatic carbocycles. The van der Waals surface area contributed by atoms with Gasteiger partial charge in [0.1, 0.15) is 5.76 Å². The third-order valence-electron chi connectivity index (χ3n) is 3.34. The van der Waals surface area contributed by atoms with E-state index in [1.165, 1.54) is 17.4 Å². The number of hydrogen-bond donors (Lipinski definition) is 1. The SMILES string of the molecule is O=C(CCc1ccco1)Nc1ncc(Cc2ccc(F)c(F)c2)s1. The van der Waals surface area contributed by atoms with E-state index in [0.717, 1.165) is 22.8 Å². The Morgan fingerprint density at radius 1 is 1.25 bits per heavy atom. The van der Waals surface area contributed by atoms with Gasteiger partial charge in [-0.2, -0.15) is 0 Å². The highest BCUT2D eigenvalue weighted by Gasteiger charge is 2.09. The number of nitrogens with zero attached hydrogens (tertiary/aromatic N) is 1. The topological polar surface area (TPSA) is 55.1 Å². The van der Waals surface area contributed by atoms with Crippen LogP contribution in [-0.4, -0.2) is 10.9 Å². The lowest BCUT2D eigenvalue weighted by atomic mass is 10.1. The normalized spacial score (nSPS) is 10.8. The Kier molecular flexibility index (Phi) is 5.00. The zero-order chi connectivity index (χ0) is 16.9. The molecule has 0 spiro atoms. The number of furan rings is 1. The van der Waals surface area contributed by atoms with Crippen molar-refractivity contribution in [3.05, 3.63) is 70.6 Å². The summed E-state index contributed by atoms with van der Waals surface area (Å²) in [5, 5.41) is 3.21. The van der Waals surface area contributed by atoms with Gasteiger partial charge in [0.2, 0.25) is 5.91 Å². The van der Waals surface area contributed by atoms with Gasteiger partial charge in [0.05, 0.1) is 6.26 Å². The number of thiazole rings is 1. The van der Waals surface area contributed by atoms with Gasteiger partial charge in [-0.05, 0) is 29.8 Å². The monoisotopic (exact) mass is 348 g/mol. The summed E-state index contributed by atoms with van der Waals surface area (Å²) in [6.07, 6.45) is 4.43. The summed E-state index contributed by atoms with van der Waals surface area (Å²) in [6, 6.07) is 7.38. The lowest BCUT2D eigenvalue weighted by molar-refractivity contribution is -0.116. The summed E-state index contributed by atoms with van der Waals surface area (Å²) < 4.78 is 31.3. The van der Waals surface area contributed by atoms with E-state index in [1.807, 2.05) is 6.07 Å². The number of nitrogens with one attached hydrogen (secondary N) is 1. The number of aryl methyl sites for hydroxylation is 1. The van der Waals surface area contributed by atoms with Crippen LogP contribution in [0.25, 0.3) is 0 Å². The number of amides is 1. The standard InChI is InChI=1S/C17H14F2N2O2S/c18-14-5-3-11(9-15(14)19)8-13-10-20-17(24-13)21-16(22)6-4-12-2-1-7-23-12/h1-3,5,7,9-10H,4,6,8H2,(H,20,21,22). The van der Waals surface area contributed by atoms with Crippen molar-refractivity contribution in [1.29, 1.82) is 0 Å². The lowest BCUT2D eigenvalue weighted by Gasteiger charge is -2.00. The van der Waals surface area contributed by atoms with Crippen LogP contribution in [0.2, 0.25) is 0 Å². The predicted molar refractivity (Wildman–Crippen MR) is 86.9 cm³/mol. The third kappa shape index (κ3) is 4.26. The molecule has 2 heterocycles. The molecule has 0 atom stereocenters. The Morgan fingerprint density at radius 2 is 2.12 bits per heavy atom. The van der Waals surface area contributed by atoms with E-state index >= 15 is 0 Å². The zero-order valence-electron chi connectivity index (χ0n) is 12.6. The molecule has 2 aromatic heterocycles. The molecular weight excluding hydrogens is 334 g/mol. The molecule has 3 aromatic rings. The first-order valence-corrected chi connectivity index (χ1v) is 8.12. The van der Waals surface area contributed by atoms with E-state index in [4.69, 9.17) is 4.42 Å². The molecule has 0 aliphatic heterocycles. The summed E-state index contributed by atoms with van der Waals surface area (Å²) in [5.74, 6) is -1.14. The predicted octanol–water partition coefficient (Wildman–Crippen LogP) is 4.18. The number of carbonyl (C=O) groups excluding carboxylic acids is 1. The highest BCUT2D eigenvalue weighted by atomic mass is 32.1. The minimum Gasteiger partial charge on any atom is -0.469 e. The van der Waals surface area contributed by atoms with Gasteiger partial charge in [-0.15, -0.1) is 11.3 Å². The van der Waals surface area contributed by atoms with Crippen molar-refractivity contribution < 1.29 is 18.0 Å². The molecule has 0 unspecified atom stereocenters. The molecular formula is C17H14F2N2O2S. The average molecular weight is 348 g/mol. The second-order valence-corrected chi connectivity index (χ2v) is 6.30. The van der Waals surface area contributed by atoms with Crippen LogP contribution in [-0.2, 0) is 17.6 Å². The molecule has 0 saturated carbocycles. The van der Waals surface area contributed by atoms with E-state index < -0.39 is 11.6 Å². The van der Waals surface area contributed by atoms with E-state index in [2.05, 4.69) is 10.3 Å². The minimum atomic E-state index is -0.872. The summed E-state index contributed by atoms with van der Waals surface area (Å²) >= 11 is 1.31. The molecule has 0 fully saturated rings. The van der Waals surface area contributed by atoms with Gasteiger partial charge in [0.15, 0.2) is 16.8 Å². The maximum absolute atomic E-state index is 13.2. The first-order valence-electron chi connectivity index (χ1n) is 7.31. The summed E-state index contributed by atoms with van der Waals surface area (Å²) in [5.41, 5.74) is 0.647. The highest BCUT2D eigenvalue weighted by molar-refractivity contribution is 7.15. The van der Waals surface area contributed by atoms with Crippen LogP contribution in [0, 0.1) is 11.6 Å². The third-order valence-corrected chi connectivity index (χ3v) is 4.25. The van der Waals surface area contributed by atoms with Crippen LogP contribution in [0.15, 0.2) is 47.2 Å². The number of hydrogen-bond acceptors (Lipinski definition) is 4. The number of carbonyl (C=O) groups is 1. The molecule has 124 valence electrons. The number of aromatic nitrogens is 1. The van der Waals surface area contributed by atoms with Crippen molar-refractivity contribution in [3.63, 3.8) is 0 Å². The number of rotatable bonds is 6. The molecule has 0 radical (unpaired) electrons. The maximum Gasteiger partial charge on any atom is 0.226 e. The average Bonchev–Trinajstić information content (AvgIpc) is 3.21.